The van der Waals surface area contributed by atoms with E-state index in [4.69, 9.17) is 5.11 Å². The molecule has 0 amide bonds. The van der Waals surface area contributed by atoms with Gasteiger partial charge in [-0.3, -0.25) is 4.79 Å². The van der Waals surface area contributed by atoms with Crippen LogP contribution in [0, 0.1) is 11.7 Å². The van der Waals surface area contributed by atoms with E-state index in [2.05, 4.69) is 5.32 Å². The molecule has 3 rings (SSSR count). The number of rotatable bonds is 5. The molecule has 1 unspecified atom stereocenters. The third-order valence-corrected chi connectivity index (χ3v) is 4.29. The van der Waals surface area contributed by atoms with Gasteiger partial charge in [-0.2, -0.15) is 0 Å². The monoisotopic (exact) mass is 292 g/mol. The Balaban J connectivity index is 1.72. The van der Waals surface area contributed by atoms with Crippen molar-refractivity contribution in [1.82, 2.24) is 5.32 Å². The van der Waals surface area contributed by atoms with Crippen LogP contribution in [0.25, 0.3) is 0 Å². The number of anilines is 1. The molecule has 21 heavy (non-hydrogen) atoms. The standard InChI is InChI=1S/C16H21FN2O2/c17-14-6-3-11(9-18-13-4-5-13)8-15(14)19-7-1-2-12(10-19)16(20)21/h3,6,8,12-13,18H,1-2,4-5,7,9-10H2,(H,20,21). The first-order valence-electron chi connectivity index (χ1n) is 7.63. The normalized spacial score (nSPS) is 22.3. The van der Waals surface area contributed by atoms with E-state index in [1.165, 1.54) is 18.9 Å². The minimum atomic E-state index is -0.785. The topological polar surface area (TPSA) is 52.6 Å². The molecule has 1 aliphatic carbocycles. The number of carboxylic acids is 1. The first-order valence-corrected chi connectivity index (χ1v) is 7.63. The summed E-state index contributed by atoms with van der Waals surface area (Å²) in [5, 5.41) is 12.6. The Morgan fingerprint density at radius 3 is 2.90 bits per heavy atom. The molecule has 1 aromatic rings. The van der Waals surface area contributed by atoms with Gasteiger partial charge in [0.1, 0.15) is 5.82 Å². The number of aliphatic carboxylic acids is 1. The van der Waals surface area contributed by atoms with Crippen molar-refractivity contribution < 1.29 is 14.3 Å². The maximum atomic E-state index is 14.1. The lowest BCUT2D eigenvalue weighted by Gasteiger charge is -2.33. The highest BCUT2D eigenvalue weighted by Gasteiger charge is 2.27. The van der Waals surface area contributed by atoms with E-state index in [1.54, 1.807) is 6.07 Å². The predicted molar refractivity (Wildman–Crippen MR) is 78.8 cm³/mol. The van der Waals surface area contributed by atoms with E-state index < -0.39 is 11.9 Å². The van der Waals surface area contributed by atoms with Gasteiger partial charge in [-0.1, -0.05) is 6.07 Å². The SMILES string of the molecule is O=C(O)C1CCCN(c2cc(CNC3CC3)ccc2F)C1. The molecular formula is C16H21FN2O2. The van der Waals surface area contributed by atoms with Gasteiger partial charge in [0.15, 0.2) is 0 Å². The zero-order chi connectivity index (χ0) is 14.8. The minimum Gasteiger partial charge on any atom is -0.481 e. The summed E-state index contributed by atoms with van der Waals surface area (Å²) < 4.78 is 14.1. The highest BCUT2D eigenvalue weighted by atomic mass is 19.1. The van der Waals surface area contributed by atoms with Crippen LogP contribution in [0.1, 0.15) is 31.2 Å². The summed E-state index contributed by atoms with van der Waals surface area (Å²) in [6.07, 6.45) is 3.91. The van der Waals surface area contributed by atoms with Crippen molar-refractivity contribution in [2.75, 3.05) is 18.0 Å². The van der Waals surface area contributed by atoms with Crippen LogP contribution in [-0.4, -0.2) is 30.2 Å². The molecule has 1 saturated carbocycles. The maximum absolute atomic E-state index is 14.1. The Hall–Kier alpha value is -1.62. The summed E-state index contributed by atoms with van der Waals surface area (Å²) in [6, 6.07) is 5.76. The van der Waals surface area contributed by atoms with Gasteiger partial charge in [0.2, 0.25) is 0 Å². The minimum absolute atomic E-state index is 0.267. The van der Waals surface area contributed by atoms with Gasteiger partial charge in [-0.05, 0) is 43.4 Å². The summed E-state index contributed by atoms with van der Waals surface area (Å²) >= 11 is 0. The molecule has 1 atom stereocenters. The quantitative estimate of drug-likeness (QED) is 0.875. The van der Waals surface area contributed by atoms with Crippen LogP contribution in [0.2, 0.25) is 0 Å². The van der Waals surface area contributed by atoms with Gasteiger partial charge < -0.3 is 15.3 Å². The molecule has 1 aliphatic heterocycles. The molecule has 0 bridgehead atoms. The molecule has 0 radical (unpaired) electrons. The van der Waals surface area contributed by atoms with Crippen LogP contribution in [0.15, 0.2) is 18.2 Å². The molecular weight excluding hydrogens is 271 g/mol. The number of hydrogen-bond acceptors (Lipinski definition) is 3. The van der Waals surface area contributed by atoms with E-state index in [-0.39, 0.29) is 5.82 Å². The predicted octanol–water partition coefficient (Wildman–Crippen LogP) is 2.38. The summed E-state index contributed by atoms with van der Waals surface area (Å²) in [4.78, 5) is 13.0. The van der Waals surface area contributed by atoms with E-state index in [0.29, 0.717) is 24.7 Å². The zero-order valence-corrected chi connectivity index (χ0v) is 12.0. The summed E-state index contributed by atoms with van der Waals surface area (Å²) in [5.74, 6) is -1.45. The number of hydrogen-bond donors (Lipinski definition) is 2. The first kappa shape index (κ1) is 14.3. The van der Waals surface area contributed by atoms with Crippen LogP contribution in [-0.2, 0) is 11.3 Å². The molecule has 4 nitrogen and oxygen atoms in total. The Morgan fingerprint density at radius 2 is 2.19 bits per heavy atom. The number of nitrogens with zero attached hydrogens (tertiary/aromatic N) is 1. The van der Waals surface area contributed by atoms with E-state index in [9.17, 15) is 9.18 Å². The molecule has 2 N–H and O–H groups in total. The van der Waals surface area contributed by atoms with Gasteiger partial charge in [0.25, 0.3) is 0 Å². The van der Waals surface area contributed by atoms with Crippen molar-refractivity contribution in [3.8, 4) is 0 Å². The second-order valence-corrected chi connectivity index (χ2v) is 6.06. The fourth-order valence-corrected chi connectivity index (χ4v) is 2.86. The van der Waals surface area contributed by atoms with Gasteiger partial charge in [0.05, 0.1) is 11.6 Å². The first-order chi connectivity index (χ1) is 10.1. The maximum Gasteiger partial charge on any atom is 0.308 e. The Labute approximate surface area is 124 Å². The highest BCUT2D eigenvalue weighted by molar-refractivity contribution is 5.71. The molecule has 2 aliphatic rings. The smallest absolute Gasteiger partial charge is 0.308 e. The molecule has 1 saturated heterocycles. The molecule has 2 fully saturated rings. The highest BCUT2D eigenvalue weighted by Crippen LogP contribution is 2.27. The average molecular weight is 292 g/mol. The summed E-state index contributed by atoms with van der Waals surface area (Å²) in [7, 11) is 0. The number of piperidine rings is 1. The van der Waals surface area contributed by atoms with Gasteiger partial charge in [-0.15, -0.1) is 0 Å². The summed E-state index contributed by atoms with van der Waals surface area (Å²) in [6.45, 7) is 1.86. The van der Waals surface area contributed by atoms with Crippen LogP contribution in [0.5, 0.6) is 0 Å². The molecule has 0 spiro atoms. The van der Waals surface area contributed by atoms with Crippen molar-refractivity contribution in [3.05, 3.63) is 29.6 Å². The van der Waals surface area contributed by atoms with E-state index in [0.717, 1.165) is 25.1 Å². The number of carboxylic acid groups (broad SMARTS) is 1. The lowest BCUT2D eigenvalue weighted by Crippen LogP contribution is -2.39. The molecule has 0 aromatic heterocycles. The second kappa shape index (κ2) is 6.02. The number of halogens is 1. The van der Waals surface area contributed by atoms with E-state index >= 15 is 0 Å². The Kier molecular flexibility index (Phi) is 4.10. The molecule has 114 valence electrons. The van der Waals surface area contributed by atoms with Gasteiger partial charge >= 0.3 is 5.97 Å². The van der Waals surface area contributed by atoms with Crippen molar-refractivity contribution in [1.29, 1.82) is 0 Å². The molecule has 5 heteroatoms. The third kappa shape index (κ3) is 3.53. The fraction of sp³-hybridized carbons (Fsp3) is 0.562. The van der Waals surface area contributed by atoms with Crippen LogP contribution < -0.4 is 10.2 Å². The number of benzene rings is 1. The van der Waals surface area contributed by atoms with Crippen molar-refractivity contribution in [3.63, 3.8) is 0 Å². The third-order valence-electron chi connectivity index (χ3n) is 4.29. The van der Waals surface area contributed by atoms with Crippen molar-refractivity contribution >= 4 is 11.7 Å². The number of nitrogens with one attached hydrogen (secondary N) is 1. The van der Waals surface area contributed by atoms with Gasteiger partial charge in [-0.25, -0.2) is 4.39 Å². The van der Waals surface area contributed by atoms with Gasteiger partial charge in [0, 0.05) is 25.7 Å². The zero-order valence-electron chi connectivity index (χ0n) is 12.0. The average Bonchev–Trinajstić information content (AvgIpc) is 3.31. The Bertz CT molecular complexity index is 531. The van der Waals surface area contributed by atoms with Crippen molar-refractivity contribution in [2.24, 2.45) is 5.92 Å². The number of carbonyl (C=O) groups is 1. The Morgan fingerprint density at radius 1 is 1.38 bits per heavy atom. The fourth-order valence-electron chi connectivity index (χ4n) is 2.86. The lowest BCUT2D eigenvalue weighted by atomic mass is 9.97. The van der Waals surface area contributed by atoms with Crippen LogP contribution in [0.4, 0.5) is 10.1 Å². The molecule has 1 heterocycles. The largest absolute Gasteiger partial charge is 0.481 e. The van der Waals surface area contributed by atoms with Crippen LogP contribution in [0.3, 0.4) is 0 Å². The van der Waals surface area contributed by atoms with Crippen molar-refractivity contribution in [2.45, 2.75) is 38.3 Å². The summed E-state index contributed by atoms with van der Waals surface area (Å²) in [5.41, 5.74) is 1.59. The van der Waals surface area contributed by atoms with Crippen LogP contribution >= 0.6 is 0 Å². The molecule has 1 aromatic carbocycles. The second-order valence-electron chi connectivity index (χ2n) is 6.06. The van der Waals surface area contributed by atoms with E-state index in [1.807, 2.05) is 11.0 Å². The lowest BCUT2D eigenvalue weighted by molar-refractivity contribution is -0.141.